The molecule has 2 unspecified atom stereocenters. The smallest absolute Gasteiger partial charge is 0.416 e. The van der Waals surface area contributed by atoms with Crippen molar-refractivity contribution >= 4 is 22.4 Å². The van der Waals surface area contributed by atoms with Gasteiger partial charge in [-0.15, -0.1) is 5.10 Å². The van der Waals surface area contributed by atoms with E-state index in [2.05, 4.69) is 25.4 Å². The van der Waals surface area contributed by atoms with Gasteiger partial charge in [-0.25, -0.2) is 4.98 Å². The first-order chi connectivity index (χ1) is 16.1. The van der Waals surface area contributed by atoms with Crippen LogP contribution in [0.4, 0.5) is 24.7 Å². The minimum atomic E-state index is -4.57. The first-order valence-electron chi connectivity index (χ1n) is 10.9. The fraction of sp³-hybridized carbons (Fsp3) is 0.435. The predicted molar refractivity (Wildman–Crippen MR) is 119 cm³/mol. The number of rotatable bonds is 5. The first-order valence-corrected chi connectivity index (χ1v) is 10.9. The van der Waals surface area contributed by atoms with Crippen molar-refractivity contribution in [3.05, 3.63) is 41.1 Å². The molecule has 5 rings (SSSR count). The maximum atomic E-state index is 13.2. The molecule has 3 atom stereocenters. The highest BCUT2D eigenvalue weighted by Gasteiger charge is 2.40. The van der Waals surface area contributed by atoms with Crippen molar-refractivity contribution in [1.82, 2.24) is 15.2 Å². The molecule has 4 heterocycles. The summed E-state index contributed by atoms with van der Waals surface area (Å²) in [6.45, 7) is 4.84. The summed E-state index contributed by atoms with van der Waals surface area (Å²) in [4.78, 5) is 6.90. The predicted octanol–water partition coefficient (Wildman–Crippen LogP) is 4.22. The largest absolute Gasteiger partial charge is 0.508 e. The van der Waals surface area contributed by atoms with Crippen LogP contribution in [0.5, 0.6) is 11.6 Å². The minimum absolute atomic E-state index is 0.175. The molecule has 0 spiro atoms. The number of hydrogen-bond donors (Lipinski definition) is 2. The fourth-order valence-electron chi connectivity index (χ4n) is 4.66. The molecule has 2 N–H and O–H groups in total. The number of nitrogens with one attached hydrogen (secondary N) is 1. The van der Waals surface area contributed by atoms with Crippen molar-refractivity contribution in [3.63, 3.8) is 0 Å². The maximum Gasteiger partial charge on any atom is 0.416 e. The molecule has 2 aliphatic heterocycles. The molecule has 0 saturated carbocycles. The lowest BCUT2D eigenvalue weighted by atomic mass is 10.0. The Kier molecular flexibility index (Phi) is 5.38. The number of phenolic OH excluding ortho intramolecular Hbond substituents is 1. The first kappa shape index (κ1) is 22.5. The van der Waals surface area contributed by atoms with E-state index in [1.807, 2.05) is 6.07 Å². The number of methoxy groups -OCH3 is 1. The van der Waals surface area contributed by atoms with Crippen LogP contribution >= 0.6 is 0 Å². The summed E-state index contributed by atoms with van der Waals surface area (Å²) in [7, 11) is 1.56. The van der Waals surface area contributed by atoms with Crippen LogP contribution in [-0.2, 0) is 10.9 Å². The van der Waals surface area contributed by atoms with Crippen molar-refractivity contribution in [2.45, 2.75) is 44.6 Å². The number of morpholine rings is 1. The molecule has 2 bridgehead atoms. The number of hydrogen-bond acceptors (Lipinski definition) is 8. The third-order valence-electron chi connectivity index (χ3n) is 6.39. The SMILES string of the molecule is COc1nc2c(C)nnc(N[C@H](C)c3cc(O)cc(C(F)(F)F)c3)c2cc1N1CC2CC1CO2. The average Bonchev–Trinajstić information content (AvgIpc) is 3.43. The molecule has 0 amide bonds. The molecular formula is C23H24F3N5O3. The molecular weight excluding hydrogens is 451 g/mol. The molecule has 180 valence electrons. The molecule has 8 nitrogen and oxygen atoms in total. The van der Waals surface area contributed by atoms with E-state index in [0.29, 0.717) is 41.0 Å². The van der Waals surface area contributed by atoms with Gasteiger partial charge in [0, 0.05) is 11.9 Å². The van der Waals surface area contributed by atoms with Gasteiger partial charge < -0.3 is 24.8 Å². The third-order valence-corrected chi connectivity index (χ3v) is 6.39. The van der Waals surface area contributed by atoms with Crippen LogP contribution in [0, 0.1) is 6.92 Å². The molecule has 2 saturated heterocycles. The van der Waals surface area contributed by atoms with E-state index in [9.17, 15) is 18.3 Å². The zero-order chi connectivity index (χ0) is 24.2. The number of ether oxygens (including phenoxy) is 2. The number of pyridine rings is 1. The summed E-state index contributed by atoms with van der Waals surface area (Å²) >= 11 is 0. The van der Waals surface area contributed by atoms with Gasteiger partial charge in [-0.2, -0.15) is 18.3 Å². The van der Waals surface area contributed by atoms with Gasteiger partial charge in [-0.3, -0.25) is 0 Å². The molecule has 0 radical (unpaired) electrons. The van der Waals surface area contributed by atoms with E-state index < -0.39 is 23.5 Å². The maximum absolute atomic E-state index is 13.2. The van der Waals surface area contributed by atoms with E-state index in [-0.39, 0.29) is 17.7 Å². The van der Waals surface area contributed by atoms with E-state index in [0.717, 1.165) is 24.7 Å². The summed E-state index contributed by atoms with van der Waals surface area (Å²) < 4.78 is 51.0. The Labute approximate surface area is 193 Å². The van der Waals surface area contributed by atoms with Crippen LogP contribution in [0.3, 0.4) is 0 Å². The van der Waals surface area contributed by atoms with Gasteiger partial charge in [0.25, 0.3) is 0 Å². The summed E-state index contributed by atoms with van der Waals surface area (Å²) in [5.41, 5.74) is 1.33. The van der Waals surface area contributed by atoms with Gasteiger partial charge in [0.15, 0.2) is 5.82 Å². The lowest BCUT2D eigenvalue weighted by Crippen LogP contribution is -2.37. The minimum Gasteiger partial charge on any atom is -0.508 e. The van der Waals surface area contributed by atoms with Gasteiger partial charge in [0.1, 0.15) is 17.0 Å². The molecule has 0 aliphatic carbocycles. The molecule has 3 aromatic rings. The lowest BCUT2D eigenvalue weighted by molar-refractivity contribution is -0.137. The highest BCUT2D eigenvalue weighted by Crippen LogP contribution is 2.40. The van der Waals surface area contributed by atoms with Crippen molar-refractivity contribution in [2.24, 2.45) is 0 Å². The molecule has 34 heavy (non-hydrogen) atoms. The topological polar surface area (TPSA) is 92.6 Å². The number of nitrogens with zero attached hydrogens (tertiary/aromatic N) is 4. The van der Waals surface area contributed by atoms with Gasteiger partial charge in [0.05, 0.1) is 43.2 Å². The highest BCUT2D eigenvalue weighted by molar-refractivity contribution is 5.94. The molecule has 11 heteroatoms. The van der Waals surface area contributed by atoms with Crippen molar-refractivity contribution in [2.75, 3.05) is 30.5 Å². The number of aromatic hydroxyl groups is 1. The van der Waals surface area contributed by atoms with Crippen molar-refractivity contribution in [3.8, 4) is 11.6 Å². The second-order valence-corrected chi connectivity index (χ2v) is 8.72. The normalized spacial score (nSPS) is 20.7. The van der Waals surface area contributed by atoms with Crippen LogP contribution in [0.1, 0.15) is 36.2 Å². The molecule has 2 aliphatic rings. The van der Waals surface area contributed by atoms with Gasteiger partial charge in [-0.1, -0.05) is 0 Å². The number of aromatic nitrogens is 3. The number of anilines is 2. The number of fused-ring (bicyclic) bond motifs is 3. The number of aryl methyl sites for hydroxylation is 1. The number of phenols is 1. The Morgan fingerprint density at radius 1 is 1.24 bits per heavy atom. The van der Waals surface area contributed by atoms with Crippen molar-refractivity contribution in [1.29, 1.82) is 0 Å². The molecule has 1 aromatic carbocycles. The molecule has 2 aromatic heterocycles. The molecule has 2 fully saturated rings. The highest BCUT2D eigenvalue weighted by atomic mass is 19.4. The van der Waals surface area contributed by atoms with Crippen LogP contribution < -0.4 is 15.0 Å². The second kappa shape index (κ2) is 8.15. The summed E-state index contributed by atoms with van der Waals surface area (Å²) in [5, 5.41) is 22.1. The monoisotopic (exact) mass is 475 g/mol. The van der Waals surface area contributed by atoms with Gasteiger partial charge in [0.2, 0.25) is 5.88 Å². The number of benzene rings is 1. The second-order valence-electron chi connectivity index (χ2n) is 8.72. The Hall–Kier alpha value is -3.34. The van der Waals surface area contributed by atoms with E-state index >= 15 is 0 Å². The summed E-state index contributed by atoms with van der Waals surface area (Å²) in [5.74, 6) is 0.387. The summed E-state index contributed by atoms with van der Waals surface area (Å²) in [6.07, 6.45) is -3.46. The van der Waals surface area contributed by atoms with Gasteiger partial charge >= 0.3 is 6.18 Å². The van der Waals surface area contributed by atoms with E-state index in [1.165, 1.54) is 6.07 Å². The van der Waals surface area contributed by atoms with Gasteiger partial charge in [-0.05, 0) is 50.1 Å². The number of alkyl halides is 3. The third kappa shape index (κ3) is 3.93. The van der Waals surface area contributed by atoms with E-state index in [4.69, 9.17) is 9.47 Å². The number of halogens is 3. The van der Waals surface area contributed by atoms with Crippen LogP contribution in [0.2, 0.25) is 0 Å². The summed E-state index contributed by atoms with van der Waals surface area (Å²) in [6, 6.07) is 4.57. The lowest BCUT2D eigenvalue weighted by Gasteiger charge is -2.30. The Balaban J connectivity index is 1.54. The quantitative estimate of drug-likeness (QED) is 0.567. The standard InChI is InChI=1S/C23H24F3N5O3/c1-11(13-4-14(23(24,25)26)6-16(32)5-13)27-21-18-8-19(31-9-17-7-15(31)10-34-17)22(33-3)28-20(18)12(2)29-30-21/h4-6,8,11,15,17,32H,7,9-10H2,1-3H3,(H,27,30)/t11-,15?,17?/m1/s1. The fourth-order valence-corrected chi connectivity index (χ4v) is 4.66. The van der Waals surface area contributed by atoms with Crippen molar-refractivity contribution < 1.29 is 27.8 Å². The Morgan fingerprint density at radius 2 is 2.03 bits per heavy atom. The average molecular weight is 475 g/mol. The van der Waals surface area contributed by atoms with E-state index in [1.54, 1.807) is 21.0 Å². The zero-order valence-electron chi connectivity index (χ0n) is 18.8. The Bertz CT molecular complexity index is 1250. The van der Waals surface area contributed by atoms with Crippen LogP contribution in [0.15, 0.2) is 24.3 Å². The Morgan fingerprint density at radius 3 is 2.68 bits per heavy atom. The van der Waals surface area contributed by atoms with Crippen LogP contribution in [-0.4, -0.2) is 52.7 Å². The van der Waals surface area contributed by atoms with Crippen LogP contribution in [0.25, 0.3) is 10.9 Å². The zero-order valence-corrected chi connectivity index (χ0v) is 18.8.